The van der Waals surface area contributed by atoms with Crippen LogP contribution in [0.25, 0.3) is 0 Å². The molecule has 0 aromatic heterocycles. The fourth-order valence-corrected chi connectivity index (χ4v) is 9.37. The zero-order valence-corrected chi connectivity index (χ0v) is 20.8. The topological polar surface area (TPSA) is 18.5 Å². The van der Waals surface area contributed by atoms with Crippen molar-refractivity contribution in [3.8, 4) is 5.75 Å². The van der Waals surface area contributed by atoms with Crippen LogP contribution in [-0.4, -0.2) is 20.3 Å². The van der Waals surface area contributed by atoms with E-state index in [9.17, 15) is 0 Å². The molecule has 0 atom stereocenters. The standard InChI is InChI=1S/C28H28BrO2P/c1-30-19-20-31-28-21-23(17-18-27(28)29)22-32(24-11-5-2-6-12-24,25-13-7-3-8-14-25)26-15-9-4-10-16-26/h2-18,21,32H,19-20,22H2,1H3. The Labute approximate surface area is 199 Å². The van der Waals surface area contributed by atoms with E-state index in [2.05, 4.69) is 125 Å². The van der Waals surface area contributed by atoms with E-state index < -0.39 is 7.26 Å². The molecule has 0 heterocycles. The van der Waals surface area contributed by atoms with Crippen LogP contribution in [0.1, 0.15) is 5.56 Å². The molecule has 2 nitrogen and oxygen atoms in total. The summed E-state index contributed by atoms with van der Waals surface area (Å²) >= 11 is 3.64. The average Bonchev–Trinajstić information content (AvgIpc) is 2.86. The van der Waals surface area contributed by atoms with Crippen LogP contribution in [0.4, 0.5) is 0 Å². The van der Waals surface area contributed by atoms with Gasteiger partial charge in [-0.1, -0.05) is 0 Å². The monoisotopic (exact) mass is 506 g/mol. The van der Waals surface area contributed by atoms with E-state index in [0.717, 1.165) is 16.4 Å². The Morgan fingerprint density at radius 3 is 1.62 bits per heavy atom. The molecular weight excluding hydrogens is 479 g/mol. The second-order valence-electron chi connectivity index (χ2n) is 7.79. The fourth-order valence-electron chi connectivity index (χ4n) is 4.28. The summed E-state index contributed by atoms with van der Waals surface area (Å²) in [5, 5.41) is 4.21. The zero-order chi connectivity index (χ0) is 22.2. The Bertz CT molecular complexity index is 1020. The van der Waals surface area contributed by atoms with E-state index in [1.165, 1.54) is 21.5 Å². The molecule has 4 heteroatoms. The van der Waals surface area contributed by atoms with Crippen LogP contribution in [0.3, 0.4) is 0 Å². The molecule has 0 saturated heterocycles. The summed E-state index contributed by atoms with van der Waals surface area (Å²) in [4.78, 5) is 0. The molecule has 4 rings (SSSR count). The van der Waals surface area contributed by atoms with Crippen molar-refractivity contribution in [2.24, 2.45) is 0 Å². The number of ether oxygens (including phenoxy) is 2. The molecule has 0 spiro atoms. The first-order valence-electron chi connectivity index (χ1n) is 10.8. The molecule has 0 aliphatic heterocycles. The molecule has 4 aromatic rings. The van der Waals surface area contributed by atoms with Gasteiger partial charge in [0.1, 0.15) is 0 Å². The van der Waals surface area contributed by atoms with Crippen LogP contribution in [0.2, 0.25) is 0 Å². The molecule has 0 amide bonds. The number of halogens is 1. The summed E-state index contributed by atoms with van der Waals surface area (Å²) in [6.45, 7) is 1.09. The predicted octanol–water partition coefficient (Wildman–Crippen LogP) is 5.70. The maximum absolute atomic E-state index is 5.99. The quantitative estimate of drug-likeness (QED) is 0.214. The fraction of sp³-hybridized carbons (Fsp3) is 0.143. The van der Waals surface area contributed by atoms with E-state index in [1.807, 2.05) is 0 Å². The van der Waals surface area contributed by atoms with E-state index in [1.54, 1.807) is 7.11 Å². The molecule has 164 valence electrons. The molecule has 0 saturated carbocycles. The van der Waals surface area contributed by atoms with Gasteiger partial charge in [-0.3, -0.25) is 0 Å². The van der Waals surface area contributed by atoms with Gasteiger partial charge in [0.15, 0.2) is 0 Å². The Morgan fingerprint density at radius 2 is 1.16 bits per heavy atom. The number of hydrogen-bond donors (Lipinski definition) is 0. The summed E-state index contributed by atoms with van der Waals surface area (Å²) in [6, 6.07) is 39.5. The Kier molecular flexibility index (Phi) is 7.76. The summed E-state index contributed by atoms with van der Waals surface area (Å²) in [7, 11) is -0.650. The second kappa shape index (κ2) is 10.9. The molecule has 0 unspecified atom stereocenters. The Morgan fingerprint density at radius 1 is 0.656 bits per heavy atom. The molecule has 0 aliphatic rings. The van der Waals surface area contributed by atoms with Gasteiger partial charge in [-0.15, -0.1) is 0 Å². The first-order chi connectivity index (χ1) is 15.7. The van der Waals surface area contributed by atoms with Gasteiger partial charge in [0.25, 0.3) is 0 Å². The van der Waals surface area contributed by atoms with Crippen molar-refractivity contribution in [3.05, 3.63) is 119 Å². The van der Waals surface area contributed by atoms with Crippen LogP contribution in [0.15, 0.2) is 114 Å². The van der Waals surface area contributed by atoms with Gasteiger partial charge in [0.05, 0.1) is 0 Å². The van der Waals surface area contributed by atoms with Crippen LogP contribution in [0.5, 0.6) is 5.75 Å². The maximum atomic E-state index is 5.99. The first kappa shape index (κ1) is 22.7. The van der Waals surface area contributed by atoms with Crippen LogP contribution >= 0.6 is 23.2 Å². The summed E-state index contributed by atoms with van der Waals surface area (Å²) in [5.74, 6) is 0.858. The van der Waals surface area contributed by atoms with Crippen molar-refractivity contribution in [2.45, 2.75) is 6.16 Å². The summed E-state index contributed by atoms with van der Waals surface area (Å²) in [6.07, 6.45) is 0.943. The van der Waals surface area contributed by atoms with Gasteiger partial charge >= 0.3 is 200 Å². The minimum atomic E-state index is -2.34. The Balaban J connectivity index is 1.86. The van der Waals surface area contributed by atoms with E-state index in [4.69, 9.17) is 9.47 Å². The van der Waals surface area contributed by atoms with Crippen LogP contribution in [-0.2, 0) is 10.9 Å². The van der Waals surface area contributed by atoms with Crippen molar-refractivity contribution in [1.29, 1.82) is 0 Å². The number of hydrogen-bond acceptors (Lipinski definition) is 2. The number of rotatable bonds is 9. The van der Waals surface area contributed by atoms with Gasteiger partial charge in [0, 0.05) is 0 Å². The minimum absolute atomic E-state index is 0.525. The van der Waals surface area contributed by atoms with Crippen molar-refractivity contribution in [3.63, 3.8) is 0 Å². The number of methoxy groups -OCH3 is 1. The number of benzene rings is 4. The molecule has 0 fully saturated rings. The normalized spacial score (nSPS) is 11.8. The van der Waals surface area contributed by atoms with E-state index in [-0.39, 0.29) is 0 Å². The molecule has 4 aromatic carbocycles. The third kappa shape index (κ3) is 4.96. The van der Waals surface area contributed by atoms with E-state index in [0.29, 0.717) is 13.2 Å². The van der Waals surface area contributed by atoms with Gasteiger partial charge in [-0.2, -0.15) is 0 Å². The molecule has 0 aliphatic carbocycles. The third-order valence-corrected chi connectivity index (χ3v) is 11.4. The first-order valence-corrected chi connectivity index (χ1v) is 13.8. The molecule has 0 N–H and O–H groups in total. The van der Waals surface area contributed by atoms with Gasteiger partial charge in [0.2, 0.25) is 0 Å². The molecule has 0 radical (unpaired) electrons. The van der Waals surface area contributed by atoms with Crippen LogP contribution in [0, 0.1) is 0 Å². The van der Waals surface area contributed by atoms with Crippen molar-refractivity contribution in [1.82, 2.24) is 0 Å². The van der Waals surface area contributed by atoms with Crippen molar-refractivity contribution >= 4 is 39.1 Å². The second-order valence-corrected chi connectivity index (χ2v) is 12.5. The van der Waals surface area contributed by atoms with Crippen LogP contribution < -0.4 is 20.7 Å². The molecule has 0 bridgehead atoms. The SMILES string of the molecule is COCCOc1cc(C[PH](c2ccccc2)(c2ccccc2)c2ccccc2)ccc1Br. The third-order valence-electron chi connectivity index (χ3n) is 5.81. The zero-order valence-electron chi connectivity index (χ0n) is 18.2. The van der Waals surface area contributed by atoms with Crippen molar-refractivity contribution in [2.75, 3.05) is 20.3 Å². The van der Waals surface area contributed by atoms with Gasteiger partial charge < -0.3 is 0 Å². The van der Waals surface area contributed by atoms with Gasteiger partial charge in [-0.05, 0) is 0 Å². The Hall–Kier alpha value is -2.45. The summed E-state index contributed by atoms with van der Waals surface area (Å²) in [5.41, 5.74) is 1.27. The molecule has 32 heavy (non-hydrogen) atoms. The average molecular weight is 507 g/mol. The van der Waals surface area contributed by atoms with E-state index >= 15 is 0 Å². The van der Waals surface area contributed by atoms with Crippen molar-refractivity contribution < 1.29 is 9.47 Å². The predicted molar refractivity (Wildman–Crippen MR) is 142 cm³/mol. The van der Waals surface area contributed by atoms with Gasteiger partial charge in [-0.25, -0.2) is 0 Å². The summed E-state index contributed by atoms with van der Waals surface area (Å²) < 4.78 is 12.1. The molecular formula is C28H28BrO2P.